The maximum absolute atomic E-state index is 11.7. The second-order valence-electron chi connectivity index (χ2n) is 4.00. The highest BCUT2D eigenvalue weighted by atomic mass is 32.2. The van der Waals surface area contributed by atoms with Gasteiger partial charge in [0.25, 0.3) is 0 Å². The molecule has 0 radical (unpaired) electrons. The van der Waals surface area contributed by atoms with Gasteiger partial charge in [-0.15, -0.1) is 0 Å². The Morgan fingerprint density at radius 3 is 2.50 bits per heavy atom. The zero-order chi connectivity index (χ0) is 15.2. The first kappa shape index (κ1) is 16.1. The van der Waals surface area contributed by atoms with Gasteiger partial charge >= 0.3 is 11.9 Å². The van der Waals surface area contributed by atoms with E-state index < -0.39 is 34.4 Å². The van der Waals surface area contributed by atoms with Crippen molar-refractivity contribution >= 4 is 22.0 Å². The van der Waals surface area contributed by atoms with E-state index in [0.29, 0.717) is 5.69 Å². The van der Waals surface area contributed by atoms with Crippen LogP contribution in [0.3, 0.4) is 0 Å². The van der Waals surface area contributed by atoms with Gasteiger partial charge in [0.1, 0.15) is 6.04 Å². The van der Waals surface area contributed by atoms with Crippen molar-refractivity contribution in [1.82, 2.24) is 9.71 Å². The van der Waals surface area contributed by atoms with Crippen molar-refractivity contribution in [2.24, 2.45) is 0 Å². The van der Waals surface area contributed by atoms with Crippen molar-refractivity contribution in [1.29, 1.82) is 0 Å². The van der Waals surface area contributed by atoms with Gasteiger partial charge in [-0.25, -0.2) is 13.1 Å². The number of aryl methyl sites for hydroxylation is 1. The molecule has 1 aromatic heterocycles. The number of pyridine rings is 1. The normalized spacial score (nSPS) is 12.8. The van der Waals surface area contributed by atoms with Gasteiger partial charge in [0.2, 0.25) is 10.0 Å². The summed E-state index contributed by atoms with van der Waals surface area (Å²) in [5, 5.41) is 17.3. The SMILES string of the molecule is O=C(O)C[C@H](NS(=O)(=O)CCc1ccccn1)C(=O)O. The lowest BCUT2D eigenvalue weighted by atomic mass is 10.2. The fraction of sp³-hybridized carbons (Fsp3) is 0.364. The number of aliphatic carboxylic acids is 2. The number of nitrogens with zero attached hydrogens (tertiary/aromatic N) is 1. The minimum atomic E-state index is -3.90. The van der Waals surface area contributed by atoms with E-state index in [1.807, 2.05) is 4.72 Å². The van der Waals surface area contributed by atoms with E-state index in [0.717, 1.165) is 0 Å². The summed E-state index contributed by atoms with van der Waals surface area (Å²) >= 11 is 0. The second-order valence-corrected chi connectivity index (χ2v) is 5.87. The fourth-order valence-electron chi connectivity index (χ4n) is 1.41. The molecule has 0 spiro atoms. The predicted octanol–water partition coefficient (Wildman–Crippen LogP) is -0.529. The number of rotatable bonds is 8. The Morgan fingerprint density at radius 2 is 2.00 bits per heavy atom. The van der Waals surface area contributed by atoms with Crippen molar-refractivity contribution in [3.05, 3.63) is 30.1 Å². The minimum Gasteiger partial charge on any atom is -0.481 e. The van der Waals surface area contributed by atoms with Crippen LogP contribution < -0.4 is 4.72 Å². The van der Waals surface area contributed by atoms with E-state index >= 15 is 0 Å². The molecule has 110 valence electrons. The number of sulfonamides is 1. The highest BCUT2D eigenvalue weighted by molar-refractivity contribution is 7.89. The molecule has 20 heavy (non-hydrogen) atoms. The largest absolute Gasteiger partial charge is 0.481 e. The maximum atomic E-state index is 11.7. The van der Waals surface area contributed by atoms with Gasteiger partial charge in [-0.2, -0.15) is 0 Å². The number of aromatic nitrogens is 1. The van der Waals surface area contributed by atoms with Crippen LogP contribution in [0.4, 0.5) is 0 Å². The van der Waals surface area contributed by atoms with Gasteiger partial charge in [-0.3, -0.25) is 14.6 Å². The van der Waals surface area contributed by atoms with Crippen LogP contribution in [-0.2, 0) is 26.0 Å². The van der Waals surface area contributed by atoms with Crippen LogP contribution in [0.15, 0.2) is 24.4 Å². The molecule has 3 N–H and O–H groups in total. The number of hydrogen-bond acceptors (Lipinski definition) is 5. The first-order valence-electron chi connectivity index (χ1n) is 5.64. The van der Waals surface area contributed by atoms with Crippen LogP contribution in [-0.4, -0.2) is 47.3 Å². The van der Waals surface area contributed by atoms with Crippen LogP contribution in [0.2, 0.25) is 0 Å². The van der Waals surface area contributed by atoms with E-state index in [9.17, 15) is 18.0 Å². The average molecular weight is 302 g/mol. The molecule has 1 heterocycles. The van der Waals surface area contributed by atoms with E-state index in [1.54, 1.807) is 18.2 Å². The number of hydrogen-bond donors (Lipinski definition) is 3. The summed E-state index contributed by atoms with van der Waals surface area (Å²) in [6.07, 6.45) is 0.799. The highest BCUT2D eigenvalue weighted by Crippen LogP contribution is 2.01. The lowest BCUT2D eigenvalue weighted by Gasteiger charge is -2.12. The summed E-state index contributed by atoms with van der Waals surface area (Å²) in [7, 11) is -3.90. The highest BCUT2D eigenvalue weighted by Gasteiger charge is 2.26. The fourth-order valence-corrected chi connectivity index (χ4v) is 2.63. The topological polar surface area (TPSA) is 134 Å². The molecule has 0 saturated carbocycles. The summed E-state index contributed by atoms with van der Waals surface area (Å²) in [6.45, 7) is 0. The van der Waals surface area contributed by atoms with Gasteiger partial charge < -0.3 is 10.2 Å². The Balaban J connectivity index is 2.63. The molecule has 1 atom stereocenters. The third kappa shape index (κ3) is 5.76. The molecule has 0 amide bonds. The second kappa shape index (κ2) is 6.96. The lowest BCUT2D eigenvalue weighted by Crippen LogP contribution is -2.43. The minimum absolute atomic E-state index is 0.107. The van der Waals surface area contributed by atoms with Gasteiger partial charge in [0.05, 0.1) is 12.2 Å². The number of carboxylic acid groups (broad SMARTS) is 2. The molecule has 9 heteroatoms. The third-order valence-corrected chi connectivity index (χ3v) is 3.74. The Kier molecular flexibility index (Phi) is 5.59. The van der Waals surface area contributed by atoms with E-state index in [1.165, 1.54) is 6.20 Å². The third-order valence-electron chi connectivity index (χ3n) is 2.35. The molecule has 0 saturated heterocycles. The van der Waals surface area contributed by atoms with Crippen molar-refractivity contribution in [3.8, 4) is 0 Å². The molecule has 1 aromatic rings. The molecule has 0 bridgehead atoms. The van der Waals surface area contributed by atoms with Crippen molar-refractivity contribution in [2.75, 3.05) is 5.75 Å². The van der Waals surface area contributed by atoms with Crippen molar-refractivity contribution in [3.63, 3.8) is 0 Å². The quantitative estimate of drug-likeness (QED) is 0.587. The molecule has 0 aliphatic carbocycles. The molecule has 0 aliphatic rings. The number of carbonyl (C=O) groups is 2. The Bertz CT molecular complexity index is 572. The predicted molar refractivity (Wildman–Crippen MR) is 68.5 cm³/mol. The van der Waals surface area contributed by atoms with Crippen LogP contribution in [0.1, 0.15) is 12.1 Å². The summed E-state index contributed by atoms with van der Waals surface area (Å²) < 4.78 is 25.3. The first-order valence-corrected chi connectivity index (χ1v) is 7.30. The molecule has 0 fully saturated rings. The standard InChI is InChI=1S/C11H14N2O6S/c14-10(15)7-9(11(16)17)13-20(18,19)6-4-8-3-1-2-5-12-8/h1-3,5,9,13H,4,6-7H2,(H,14,15)(H,16,17)/t9-/m0/s1. The lowest BCUT2D eigenvalue weighted by molar-refractivity contribution is -0.145. The van der Waals surface area contributed by atoms with Crippen molar-refractivity contribution < 1.29 is 28.2 Å². The zero-order valence-electron chi connectivity index (χ0n) is 10.4. The molecular formula is C11H14N2O6S. The van der Waals surface area contributed by atoms with Crippen LogP contribution in [0.5, 0.6) is 0 Å². The Morgan fingerprint density at radius 1 is 1.30 bits per heavy atom. The van der Waals surface area contributed by atoms with Gasteiger partial charge in [0.15, 0.2) is 0 Å². The summed E-state index contributed by atoms with van der Waals surface area (Å²) in [5.74, 6) is -3.30. The molecule has 0 aromatic carbocycles. The van der Waals surface area contributed by atoms with E-state index in [4.69, 9.17) is 10.2 Å². The molecule has 0 unspecified atom stereocenters. The molecule has 0 aliphatic heterocycles. The zero-order valence-corrected chi connectivity index (χ0v) is 11.2. The molecule has 8 nitrogen and oxygen atoms in total. The summed E-state index contributed by atoms with van der Waals surface area (Å²) in [6, 6.07) is 3.35. The Hall–Kier alpha value is -2.00. The Labute approximate surface area is 115 Å². The monoisotopic (exact) mass is 302 g/mol. The van der Waals surface area contributed by atoms with Gasteiger partial charge in [0, 0.05) is 18.3 Å². The van der Waals surface area contributed by atoms with E-state index in [-0.39, 0.29) is 12.2 Å². The first-order chi connectivity index (χ1) is 9.30. The summed E-state index contributed by atoms with van der Waals surface area (Å²) in [5.41, 5.74) is 0.544. The van der Waals surface area contributed by atoms with Gasteiger partial charge in [-0.05, 0) is 12.1 Å². The van der Waals surface area contributed by atoms with Gasteiger partial charge in [-0.1, -0.05) is 6.07 Å². The van der Waals surface area contributed by atoms with Crippen LogP contribution in [0.25, 0.3) is 0 Å². The number of carboxylic acids is 2. The average Bonchev–Trinajstić information content (AvgIpc) is 2.36. The van der Waals surface area contributed by atoms with Crippen LogP contribution in [0, 0.1) is 0 Å². The smallest absolute Gasteiger partial charge is 0.322 e. The van der Waals surface area contributed by atoms with E-state index in [2.05, 4.69) is 4.98 Å². The molecule has 1 rings (SSSR count). The molecular weight excluding hydrogens is 288 g/mol. The number of nitrogens with one attached hydrogen (secondary N) is 1. The summed E-state index contributed by atoms with van der Waals surface area (Å²) in [4.78, 5) is 25.2. The maximum Gasteiger partial charge on any atom is 0.322 e. The van der Waals surface area contributed by atoms with Crippen LogP contribution >= 0.6 is 0 Å². The van der Waals surface area contributed by atoms with Crippen molar-refractivity contribution in [2.45, 2.75) is 18.9 Å².